The normalized spacial score (nSPS) is 12.9. The van der Waals surface area contributed by atoms with Crippen molar-refractivity contribution >= 4 is 0 Å². The Hall–Kier alpha value is -0.930. The molecule has 13 heavy (non-hydrogen) atoms. The Morgan fingerprint density at radius 3 is 2.77 bits per heavy atom. The minimum atomic E-state index is -0.777. The lowest BCUT2D eigenvalue weighted by Gasteiger charge is -2.12. The van der Waals surface area contributed by atoms with Crippen LogP contribution in [0.1, 0.15) is 23.7 Å². The largest absolute Gasteiger partial charge is 0.396 e. The van der Waals surface area contributed by atoms with Crippen molar-refractivity contribution in [2.75, 3.05) is 6.61 Å². The van der Waals surface area contributed by atoms with Crippen LogP contribution in [-0.2, 0) is 0 Å². The molecule has 0 aliphatic heterocycles. The molecule has 0 aliphatic carbocycles. The lowest BCUT2D eigenvalue weighted by atomic mass is 10.0. The minimum Gasteiger partial charge on any atom is -0.396 e. The lowest BCUT2D eigenvalue weighted by Crippen LogP contribution is -2.03. The molecule has 2 N–H and O–H groups in total. The Morgan fingerprint density at radius 1 is 1.46 bits per heavy atom. The number of hydrogen-bond acceptors (Lipinski definition) is 2. The van der Waals surface area contributed by atoms with Crippen LogP contribution in [-0.4, -0.2) is 16.8 Å². The van der Waals surface area contributed by atoms with E-state index in [0.29, 0.717) is 11.1 Å². The molecule has 1 aromatic rings. The van der Waals surface area contributed by atoms with E-state index in [-0.39, 0.29) is 18.8 Å². The molecule has 0 amide bonds. The van der Waals surface area contributed by atoms with Gasteiger partial charge in [0.25, 0.3) is 0 Å². The van der Waals surface area contributed by atoms with E-state index >= 15 is 0 Å². The molecule has 72 valence electrons. The van der Waals surface area contributed by atoms with Crippen molar-refractivity contribution in [1.29, 1.82) is 0 Å². The van der Waals surface area contributed by atoms with E-state index in [1.54, 1.807) is 19.1 Å². The molecule has 0 fully saturated rings. The van der Waals surface area contributed by atoms with Gasteiger partial charge in [-0.15, -0.1) is 0 Å². The number of aliphatic hydroxyl groups excluding tert-OH is 2. The average molecular weight is 184 g/mol. The van der Waals surface area contributed by atoms with Crippen molar-refractivity contribution in [1.82, 2.24) is 0 Å². The molecule has 0 saturated heterocycles. The minimum absolute atomic E-state index is 0.100. The summed E-state index contributed by atoms with van der Waals surface area (Å²) < 4.78 is 13.0. The van der Waals surface area contributed by atoms with E-state index in [2.05, 4.69) is 0 Å². The molecule has 0 saturated carbocycles. The first kappa shape index (κ1) is 10.2. The Bertz CT molecular complexity index is 286. The number of aliphatic hydroxyl groups is 2. The first-order chi connectivity index (χ1) is 6.16. The third-order valence-corrected chi connectivity index (χ3v) is 2.07. The van der Waals surface area contributed by atoms with Crippen molar-refractivity contribution in [3.63, 3.8) is 0 Å². The summed E-state index contributed by atoms with van der Waals surface area (Å²) in [6.07, 6.45) is -0.537. The molecule has 3 heteroatoms. The van der Waals surface area contributed by atoms with Gasteiger partial charge in [-0.25, -0.2) is 4.39 Å². The second kappa shape index (κ2) is 4.35. The van der Waals surface area contributed by atoms with Crippen molar-refractivity contribution < 1.29 is 14.6 Å². The van der Waals surface area contributed by atoms with Gasteiger partial charge in [0.05, 0.1) is 6.10 Å². The summed E-state index contributed by atoms with van der Waals surface area (Å²) in [5, 5.41) is 18.1. The summed E-state index contributed by atoms with van der Waals surface area (Å²) in [4.78, 5) is 0. The second-order valence-electron chi connectivity index (χ2n) is 2.98. The molecule has 0 spiro atoms. The summed E-state index contributed by atoms with van der Waals surface area (Å²) in [5.74, 6) is -0.325. The van der Waals surface area contributed by atoms with Gasteiger partial charge in [-0.2, -0.15) is 0 Å². The number of halogens is 1. The van der Waals surface area contributed by atoms with Gasteiger partial charge in [-0.1, -0.05) is 12.1 Å². The predicted molar refractivity (Wildman–Crippen MR) is 47.8 cm³/mol. The van der Waals surface area contributed by atoms with Gasteiger partial charge in [0.2, 0.25) is 0 Å². The zero-order valence-corrected chi connectivity index (χ0v) is 7.50. The monoisotopic (exact) mass is 184 g/mol. The number of hydrogen-bond donors (Lipinski definition) is 2. The topological polar surface area (TPSA) is 40.5 Å². The molecule has 0 bridgehead atoms. The molecule has 0 radical (unpaired) electrons. The highest BCUT2D eigenvalue weighted by Gasteiger charge is 2.11. The maximum absolute atomic E-state index is 13.0. The first-order valence-electron chi connectivity index (χ1n) is 4.20. The summed E-state index contributed by atoms with van der Waals surface area (Å²) in [5.41, 5.74) is 0.998. The molecular weight excluding hydrogens is 171 g/mol. The van der Waals surface area contributed by atoms with Gasteiger partial charge in [0.15, 0.2) is 0 Å². The van der Waals surface area contributed by atoms with Crippen molar-refractivity contribution in [3.8, 4) is 0 Å². The number of benzene rings is 1. The summed E-state index contributed by atoms with van der Waals surface area (Å²) in [6, 6.07) is 4.57. The fourth-order valence-corrected chi connectivity index (χ4v) is 1.26. The Balaban J connectivity index is 2.93. The standard InChI is InChI=1S/C10H13FO2/c1-7-8(10(13)5-6-12)3-2-4-9(7)11/h2-4,10,12-13H,5-6H2,1H3. The highest BCUT2D eigenvalue weighted by molar-refractivity contribution is 5.29. The highest BCUT2D eigenvalue weighted by atomic mass is 19.1. The van der Waals surface area contributed by atoms with Gasteiger partial charge in [0, 0.05) is 13.0 Å². The van der Waals surface area contributed by atoms with Crippen molar-refractivity contribution in [2.24, 2.45) is 0 Å². The molecule has 1 aromatic carbocycles. The lowest BCUT2D eigenvalue weighted by molar-refractivity contribution is 0.133. The van der Waals surface area contributed by atoms with Crippen LogP contribution >= 0.6 is 0 Å². The SMILES string of the molecule is Cc1c(F)cccc1C(O)CCO. The van der Waals surface area contributed by atoms with Crippen molar-refractivity contribution in [2.45, 2.75) is 19.4 Å². The smallest absolute Gasteiger partial charge is 0.126 e. The number of rotatable bonds is 3. The molecule has 1 rings (SSSR count). The van der Waals surface area contributed by atoms with Gasteiger partial charge < -0.3 is 10.2 Å². The van der Waals surface area contributed by atoms with Gasteiger partial charge in [0.1, 0.15) is 5.82 Å². The van der Waals surface area contributed by atoms with Crippen LogP contribution in [0.5, 0.6) is 0 Å². The first-order valence-corrected chi connectivity index (χ1v) is 4.20. The zero-order valence-electron chi connectivity index (χ0n) is 7.50. The van der Waals surface area contributed by atoms with E-state index in [1.165, 1.54) is 6.07 Å². The fourth-order valence-electron chi connectivity index (χ4n) is 1.26. The van der Waals surface area contributed by atoms with Crippen LogP contribution in [0.4, 0.5) is 4.39 Å². The molecule has 2 nitrogen and oxygen atoms in total. The molecule has 0 heterocycles. The molecule has 1 atom stereocenters. The quantitative estimate of drug-likeness (QED) is 0.748. The van der Waals surface area contributed by atoms with E-state index in [9.17, 15) is 9.50 Å². The van der Waals surface area contributed by atoms with Crippen LogP contribution in [0.3, 0.4) is 0 Å². The van der Waals surface area contributed by atoms with Crippen LogP contribution in [0.25, 0.3) is 0 Å². The molecular formula is C10H13FO2. The van der Waals surface area contributed by atoms with Crippen LogP contribution in [0, 0.1) is 12.7 Å². The zero-order chi connectivity index (χ0) is 9.84. The highest BCUT2D eigenvalue weighted by Crippen LogP contribution is 2.21. The third kappa shape index (κ3) is 2.26. The summed E-state index contributed by atoms with van der Waals surface area (Å²) >= 11 is 0. The Morgan fingerprint density at radius 2 is 2.15 bits per heavy atom. The Kier molecular flexibility index (Phi) is 3.39. The van der Waals surface area contributed by atoms with Crippen LogP contribution < -0.4 is 0 Å². The van der Waals surface area contributed by atoms with Gasteiger partial charge in [-0.05, 0) is 24.1 Å². The molecule has 0 aliphatic rings. The predicted octanol–water partition coefficient (Wildman–Crippen LogP) is 1.55. The second-order valence-corrected chi connectivity index (χ2v) is 2.98. The van der Waals surface area contributed by atoms with Crippen LogP contribution in [0.2, 0.25) is 0 Å². The average Bonchev–Trinajstić information content (AvgIpc) is 2.10. The van der Waals surface area contributed by atoms with E-state index < -0.39 is 6.10 Å². The van der Waals surface area contributed by atoms with Crippen LogP contribution in [0.15, 0.2) is 18.2 Å². The van der Waals surface area contributed by atoms with Gasteiger partial charge >= 0.3 is 0 Å². The molecule has 0 aromatic heterocycles. The van der Waals surface area contributed by atoms with Gasteiger partial charge in [-0.3, -0.25) is 0 Å². The molecule has 1 unspecified atom stereocenters. The maximum atomic E-state index is 13.0. The van der Waals surface area contributed by atoms with Crippen molar-refractivity contribution in [3.05, 3.63) is 35.1 Å². The Labute approximate surface area is 76.6 Å². The maximum Gasteiger partial charge on any atom is 0.126 e. The summed E-state index contributed by atoms with van der Waals surface area (Å²) in [7, 11) is 0. The van der Waals surface area contributed by atoms with E-state index in [4.69, 9.17) is 5.11 Å². The van der Waals surface area contributed by atoms with E-state index in [0.717, 1.165) is 0 Å². The third-order valence-electron chi connectivity index (χ3n) is 2.07. The fraction of sp³-hybridized carbons (Fsp3) is 0.400. The summed E-state index contributed by atoms with van der Waals surface area (Å²) in [6.45, 7) is 1.52. The van der Waals surface area contributed by atoms with E-state index in [1.807, 2.05) is 0 Å².